The van der Waals surface area contributed by atoms with Crippen LogP contribution in [0.3, 0.4) is 0 Å². The van der Waals surface area contributed by atoms with Gasteiger partial charge in [-0.3, -0.25) is 0 Å². The summed E-state index contributed by atoms with van der Waals surface area (Å²) in [6.07, 6.45) is 2.09. The number of para-hydroxylation sites is 1. The summed E-state index contributed by atoms with van der Waals surface area (Å²) in [6, 6.07) is 10.6. The Morgan fingerprint density at radius 1 is 1.12 bits per heavy atom. The van der Waals surface area contributed by atoms with Crippen LogP contribution in [0.5, 0.6) is 0 Å². The van der Waals surface area contributed by atoms with Crippen molar-refractivity contribution in [2.45, 2.75) is 13.1 Å². The molecule has 17 heavy (non-hydrogen) atoms. The molecular weight excluding hydrogens is 228 g/mol. The minimum Gasteiger partial charge on any atom is -0.361 e. The standard InChI is InChI=1S/C14H14N2S/c1-2-4-14-13(3-1)12(9-16-14)8-15-7-11-5-6-17-10-11/h1-6,9-10,15-16H,7-8H2. The van der Waals surface area contributed by atoms with E-state index < -0.39 is 0 Å². The number of hydrogen-bond donors (Lipinski definition) is 2. The van der Waals surface area contributed by atoms with Crippen molar-refractivity contribution in [1.29, 1.82) is 0 Å². The molecule has 0 fully saturated rings. The normalized spacial score (nSPS) is 11.1. The molecule has 2 nitrogen and oxygen atoms in total. The van der Waals surface area contributed by atoms with E-state index in [1.54, 1.807) is 11.3 Å². The van der Waals surface area contributed by atoms with Gasteiger partial charge >= 0.3 is 0 Å². The Labute approximate surface area is 104 Å². The van der Waals surface area contributed by atoms with E-state index in [4.69, 9.17) is 0 Å². The highest BCUT2D eigenvalue weighted by molar-refractivity contribution is 7.07. The van der Waals surface area contributed by atoms with Gasteiger partial charge in [-0.25, -0.2) is 0 Å². The van der Waals surface area contributed by atoms with Crippen molar-refractivity contribution in [2.75, 3.05) is 0 Å². The maximum Gasteiger partial charge on any atom is 0.0457 e. The van der Waals surface area contributed by atoms with Crippen LogP contribution in [-0.2, 0) is 13.1 Å². The zero-order valence-corrected chi connectivity index (χ0v) is 10.3. The zero-order valence-electron chi connectivity index (χ0n) is 9.44. The van der Waals surface area contributed by atoms with Gasteiger partial charge < -0.3 is 10.3 Å². The Hall–Kier alpha value is -1.58. The summed E-state index contributed by atoms with van der Waals surface area (Å²) in [5, 5.41) is 9.08. The van der Waals surface area contributed by atoms with E-state index >= 15 is 0 Å². The van der Waals surface area contributed by atoms with Gasteiger partial charge in [0, 0.05) is 30.2 Å². The minimum atomic E-state index is 0.903. The van der Waals surface area contributed by atoms with E-state index in [1.807, 2.05) is 0 Å². The van der Waals surface area contributed by atoms with Gasteiger partial charge in [0.1, 0.15) is 0 Å². The monoisotopic (exact) mass is 242 g/mol. The van der Waals surface area contributed by atoms with Crippen LogP contribution in [0.2, 0.25) is 0 Å². The molecule has 0 saturated carbocycles. The fourth-order valence-corrected chi connectivity index (χ4v) is 2.68. The lowest BCUT2D eigenvalue weighted by Gasteiger charge is -2.02. The second kappa shape index (κ2) is 4.73. The number of aromatic nitrogens is 1. The number of aromatic amines is 1. The fourth-order valence-electron chi connectivity index (χ4n) is 2.01. The molecule has 0 amide bonds. The lowest BCUT2D eigenvalue weighted by molar-refractivity contribution is 0.698. The Morgan fingerprint density at radius 3 is 2.94 bits per heavy atom. The molecular formula is C14H14N2S. The van der Waals surface area contributed by atoms with E-state index in [2.05, 4.69) is 57.6 Å². The number of H-pyrrole nitrogens is 1. The molecule has 0 spiro atoms. The minimum absolute atomic E-state index is 0.903. The van der Waals surface area contributed by atoms with Gasteiger partial charge in [0.15, 0.2) is 0 Å². The first kappa shape index (κ1) is 10.6. The van der Waals surface area contributed by atoms with E-state index in [-0.39, 0.29) is 0 Å². The lowest BCUT2D eigenvalue weighted by atomic mass is 10.2. The first-order chi connectivity index (χ1) is 8.43. The summed E-state index contributed by atoms with van der Waals surface area (Å²) < 4.78 is 0. The van der Waals surface area contributed by atoms with Crippen LogP contribution < -0.4 is 5.32 Å². The Morgan fingerprint density at radius 2 is 2.06 bits per heavy atom. The maximum atomic E-state index is 3.47. The Kier molecular flexibility index (Phi) is 2.94. The SMILES string of the molecule is c1ccc2c(CNCc3ccsc3)c[nH]c2c1. The molecule has 3 heteroatoms. The van der Waals surface area contributed by atoms with E-state index in [0.717, 1.165) is 13.1 Å². The first-order valence-corrected chi connectivity index (χ1v) is 6.64. The second-order valence-corrected chi connectivity index (χ2v) is 4.87. The van der Waals surface area contributed by atoms with E-state index in [0.29, 0.717) is 0 Å². The van der Waals surface area contributed by atoms with Crippen molar-refractivity contribution in [1.82, 2.24) is 10.3 Å². The van der Waals surface area contributed by atoms with Crippen LogP contribution in [0.1, 0.15) is 11.1 Å². The number of benzene rings is 1. The highest BCUT2D eigenvalue weighted by Gasteiger charge is 2.01. The number of thiophene rings is 1. The van der Waals surface area contributed by atoms with Crippen LogP contribution in [-0.4, -0.2) is 4.98 Å². The van der Waals surface area contributed by atoms with Gasteiger partial charge in [-0.2, -0.15) is 11.3 Å². The molecule has 0 aliphatic heterocycles. The number of nitrogens with one attached hydrogen (secondary N) is 2. The predicted octanol–water partition coefficient (Wildman–Crippen LogP) is 3.52. The van der Waals surface area contributed by atoms with E-state index in [9.17, 15) is 0 Å². The smallest absolute Gasteiger partial charge is 0.0457 e. The van der Waals surface area contributed by atoms with Crippen LogP contribution in [0.25, 0.3) is 10.9 Å². The molecule has 1 aromatic carbocycles. The third kappa shape index (κ3) is 2.25. The van der Waals surface area contributed by atoms with Gasteiger partial charge in [-0.1, -0.05) is 18.2 Å². The quantitative estimate of drug-likeness (QED) is 0.720. The molecule has 3 rings (SSSR count). The van der Waals surface area contributed by atoms with Gasteiger partial charge in [0.2, 0.25) is 0 Å². The topological polar surface area (TPSA) is 27.8 Å². The van der Waals surface area contributed by atoms with Crippen LogP contribution in [0, 0.1) is 0 Å². The van der Waals surface area contributed by atoms with Gasteiger partial charge in [0.05, 0.1) is 0 Å². The molecule has 0 saturated heterocycles. The summed E-state index contributed by atoms with van der Waals surface area (Å²) >= 11 is 1.74. The average Bonchev–Trinajstić information content (AvgIpc) is 2.99. The van der Waals surface area contributed by atoms with Crippen LogP contribution in [0.15, 0.2) is 47.3 Å². The van der Waals surface area contributed by atoms with Crippen molar-refractivity contribution in [3.8, 4) is 0 Å². The van der Waals surface area contributed by atoms with Gasteiger partial charge in [-0.15, -0.1) is 0 Å². The highest BCUT2D eigenvalue weighted by atomic mass is 32.1. The average molecular weight is 242 g/mol. The molecule has 2 heterocycles. The first-order valence-electron chi connectivity index (χ1n) is 5.70. The lowest BCUT2D eigenvalue weighted by Crippen LogP contribution is -2.11. The highest BCUT2D eigenvalue weighted by Crippen LogP contribution is 2.17. The molecule has 0 aliphatic rings. The molecule has 0 aliphatic carbocycles. The van der Waals surface area contributed by atoms with Crippen LogP contribution in [0.4, 0.5) is 0 Å². The van der Waals surface area contributed by atoms with Crippen LogP contribution >= 0.6 is 11.3 Å². The van der Waals surface area contributed by atoms with Crippen molar-refractivity contribution in [3.63, 3.8) is 0 Å². The third-order valence-electron chi connectivity index (χ3n) is 2.90. The molecule has 3 aromatic rings. The number of rotatable bonds is 4. The Bertz CT molecular complexity index is 596. The summed E-state index contributed by atoms with van der Waals surface area (Å²) in [6.45, 7) is 1.84. The zero-order chi connectivity index (χ0) is 11.5. The molecule has 86 valence electrons. The van der Waals surface area contributed by atoms with Crippen molar-refractivity contribution in [3.05, 3.63) is 58.4 Å². The predicted molar refractivity (Wildman–Crippen MR) is 73.2 cm³/mol. The summed E-state index contributed by atoms with van der Waals surface area (Å²) in [4.78, 5) is 3.29. The van der Waals surface area contributed by atoms with Crippen molar-refractivity contribution < 1.29 is 0 Å². The van der Waals surface area contributed by atoms with Gasteiger partial charge in [-0.05, 0) is 34.0 Å². The Balaban J connectivity index is 1.69. The number of hydrogen-bond acceptors (Lipinski definition) is 2. The molecule has 2 aromatic heterocycles. The fraction of sp³-hybridized carbons (Fsp3) is 0.143. The molecule has 0 unspecified atom stereocenters. The summed E-state index contributed by atoms with van der Waals surface area (Å²) in [5.74, 6) is 0. The van der Waals surface area contributed by atoms with Crippen molar-refractivity contribution in [2.24, 2.45) is 0 Å². The van der Waals surface area contributed by atoms with E-state index in [1.165, 1.54) is 22.0 Å². The maximum absolute atomic E-state index is 3.47. The van der Waals surface area contributed by atoms with Crippen molar-refractivity contribution >= 4 is 22.2 Å². The molecule has 0 bridgehead atoms. The largest absolute Gasteiger partial charge is 0.361 e. The third-order valence-corrected chi connectivity index (χ3v) is 3.63. The molecule has 2 N–H and O–H groups in total. The molecule has 0 atom stereocenters. The summed E-state index contributed by atoms with van der Waals surface area (Å²) in [7, 11) is 0. The molecule has 0 radical (unpaired) electrons. The second-order valence-electron chi connectivity index (χ2n) is 4.09. The number of fused-ring (bicyclic) bond motifs is 1. The van der Waals surface area contributed by atoms with Gasteiger partial charge in [0.25, 0.3) is 0 Å². The summed E-state index contributed by atoms with van der Waals surface area (Å²) in [5.41, 5.74) is 3.89.